The van der Waals surface area contributed by atoms with Gasteiger partial charge in [0.2, 0.25) is 5.91 Å². The average molecular weight is 250 g/mol. The average Bonchev–Trinajstić information content (AvgIpc) is 2.32. The van der Waals surface area contributed by atoms with E-state index >= 15 is 0 Å². The van der Waals surface area contributed by atoms with Crippen LogP contribution in [0.4, 0.5) is 10.1 Å². The van der Waals surface area contributed by atoms with E-state index in [1.54, 1.807) is 13.0 Å². The zero-order valence-corrected chi connectivity index (χ0v) is 10.8. The highest BCUT2D eigenvalue weighted by Gasteiger charge is 2.24. The molecule has 1 fully saturated rings. The maximum Gasteiger partial charge on any atom is 0.227 e. The number of carbonyl (C=O) groups is 1. The van der Waals surface area contributed by atoms with E-state index < -0.39 is 0 Å². The molecule has 0 bridgehead atoms. The number of anilines is 1. The van der Waals surface area contributed by atoms with Crippen molar-refractivity contribution in [2.45, 2.75) is 32.7 Å². The molecule has 2 N–H and O–H groups in total. The zero-order valence-electron chi connectivity index (χ0n) is 10.8. The Labute approximate surface area is 107 Å². The molecule has 0 spiro atoms. The number of rotatable bonds is 2. The van der Waals surface area contributed by atoms with Crippen molar-refractivity contribution in [3.05, 3.63) is 29.6 Å². The number of piperidine rings is 1. The molecule has 0 aliphatic carbocycles. The molecule has 4 heteroatoms. The van der Waals surface area contributed by atoms with Gasteiger partial charge >= 0.3 is 0 Å². The second-order valence-corrected chi connectivity index (χ2v) is 5.02. The van der Waals surface area contributed by atoms with Crippen LogP contribution in [0, 0.1) is 18.7 Å². The van der Waals surface area contributed by atoms with E-state index in [0.717, 1.165) is 24.9 Å². The monoisotopic (exact) mass is 250 g/mol. The van der Waals surface area contributed by atoms with E-state index in [1.165, 1.54) is 12.1 Å². The summed E-state index contributed by atoms with van der Waals surface area (Å²) in [5, 5.41) is 6.21. The molecule has 2 rings (SSSR count). The first-order chi connectivity index (χ1) is 8.56. The summed E-state index contributed by atoms with van der Waals surface area (Å²) in [6, 6.07) is 4.80. The molecule has 98 valence electrons. The van der Waals surface area contributed by atoms with E-state index in [0.29, 0.717) is 11.7 Å². The van der Waals surface area contributed by atoms with Crippen LogP contribution < -0.4 is 10.6 Å². The molecular formula is C14H19FN2O. The van der Waals surface area contributed by atoms with E-state index in [2.05, 4.69) is 17.6 Å². The van der Waals surface area contributed by atoms with E-state index in [4.69, 9.17) is 0 Å². The molecule has 1 aliphatic rings. The number of halogens is 1. The van der Waals surface area contributed by atoms with Crippen molar-refractivity contribution in [1.82, 2.24) is 5.32 Å². The van der Waals surface area contributed by atoms with Gasteiger partial charge in [-0.15, -0.1) is 0 Å². The molecule has 2 atom stereocenters. The lowest BCUT2D eigenvalue weighted by atomic mass is 9.92. The fourth-order valence-corrected chi connectivity index (χ4v) is 2.37. The van der Waals surface area contributed by atoms with Crippen LogP contribution in [0.2, 0.25) is 0 Å². The van der Waals surface area contributed by atoms with Crippen LogP contribution in [0.25, 0.3) is 0 Å². The molecule has 1 saturated heterocycles. The van der Waals surface area contributed by atoms with Gasteiger partial charge in [0.05, 0.1) is 0 Å². The van der Waals surface area contributed by atoms with Gasteiger partial charge in [-0.3, -0.25) is 4.79 Å². The Bertz CT molecular complexity index is 447. The van der Waals surface area contributed by atoms with Crippen LogP contribution in [-0.2, 0) is 4.79 Å². The summed E-state index contributed by atoms with van der Waals surface area (Å²) in [6.45, 7) is 4.76. The fourth-order valence-electron chi connectivity index (χ4n) is 2.37. The van der Waals surface area contributed by atoms with Gasteiger partial charge in [0, 0.05) is 17.6 Å². The van der Waals surface area contributed by atoms with Gasteiger partial charge < -0.3 is 10.6 Å². The zero-order chi connectivity index (χ0) is 13.1. The van der Waals surface area contributed by atoms with Gasteiger partial charge in [0.15, 0.2) is 0 Å². The second-order valence-electron chi connectivity index (χ2n) is 5.02. The van der Waals surface area contributed by atoms with Crippen molar-refractivity contribution in [1.29, 1.82) is 0 Å². The lowest BCUT2D eigenvalue weighted by molar-refractivity contribution is -0.120. The quantitative estimate of drug-likeness (QED) is 0.846. The summed E-state index contributed by atoms with van der Waals surface area (Å²) in [5.41, 5.74) is 1.46. The molecule has 1 aliphatic heterocycles. The van der Waals surface area contributed by atoms with Gasteiger partial charge in [-0.05, 0) is 57.0 Å². The van der Waals surface area contributed by atoms with Gasteiger partial charge in [-0.1, -0.05) is 0 Å². The van der Waals surface area contributed by atoms with Crippen LogP contribution in [-0.4, -0.2) is 18.5 Å². The number of aryl methyl sites for hydroxylation is 1. The molecule has 18 heavy (non-hydrogen) atoms. The molecular weight excluding hydrogens is 231 g/mol. The molecule has 0 saturated carbocycles. The third-order valence-corrected chi connectivity index (χ3v) is 3.44. The van der Waals surface area contributed by atoms with Crippen LogP contribution in [0.3, 0.4) is 0 Å². The molecule has 0 aromatic heterocycles. The van der Waals surface area contributed by atoms with Crippen molar-refractivity contribution in [3.63, 3.8) is 0 Å². The molecule has 1 heterocycles. The minimum atomic E-state index is -0.277. The normalized spacial score (nSPS) is 23.7. The molecule has 0 radical (unpaired) electrons. The Morgan fingerprint density at radius 1 is 1.50 bits per heavy atom. The van der Waals surface area contributed by atoms with Crippen LogP contribution >= 0.6 is 0 Å². The summed E-state index contributed by atoms with van der Waals surface area (Å²) in [4.78, 5) is 12.1. The van der Waals surface area contributed by atoms with E-state index in [1.807, 2.05) is 0 Å². The van der Waals surface area contributed by atoms with Crippen molar-refractivity contribution < 1.29 is 9.18 Å². The Balaban J connectivity index is 2.02. The number of carbonyl (C=O) groups excluding carboxylic acids is 1. The molecule has 1 aromatic rings. The Morgan fingerprint density at radius 2 is 2.28 bits per heavy atom. The third kappa shape index (κ3) is 3.07. The standard InChI is InChI=1S/C14H19FN2O/c1-9-7-12(15)3-4-13(9)17-14(18)11-5-6-16-10(2)8-11/h3-4,7,10-11,16H,5-6,8H2,1-2H3,(H,17,18)/t10-,11-/m0/s1. The van der Waals surface area contributed by atoms with Gasteiger partial charge in [-0.2, -0.15) is 0 Å². The predicted octanol–water partition coefficient (Wildman–Crippen LogP) is 2.46. The molecule has 1 aromatic carbocycles. The number of amides is 1. The SMILES string of the molecule is Cc1cc(F)ccc1NC(=O)[C@H]1CCN[C@@H](C)C1. The third-order valence-electron chi connectivity index (χ3n) is 3.44. The summed E-state index contributed by atoms with van der Waals surface area (Å²) in [5.74, 6) is -0.190. The van der Waals surface area contributed by atoms with Crippen LogP contribution in [0.1, 0.15) is 25.3 Å². The minimum absolute atomic E-state index is 0.0399. The van der Waals surface area contributed by atoms with E-state index in [9.17, 15) is 9.18 Å². The van der Waals surface area contributed by atoms with Crippen LogP contribution in [0.15, 0.2) is 18.2 Å². The lowest BCUT2D eigenvalue weighted by Crippen LogP contribution is -2.40. The minimum Gasteiger partial charge on any atom is -0.326 e. The van der Waals surface area contributed by atoms with Crippen LogP contribution in [0.5, 0.6) is 0 Å². The molecule has 3 nitrogen and oxygen atoms in total. The molecule has 0 unspecified atom stereocenters. The highest BCUT2D eigenvalue weighted by molar-refractivity contribution is 5.93. The maximum absolute atomic E-state index is 13.0. The fraction of sp³-hybridized carbons (Fsp3) is 0.500. The first kappa shape index (κ1) is 13.0. The Kier molecular flexibility index (Phi) is 3.97. The highest BCUT2D eigenvalue weighted by atomic mass is 19.1. The number of hydrogen-bond acceptors (Lipinski definition) is 2. The number of nitrogens with one attached hydrogen (secondary N) is 2. The predicted molar refractivity (Wildman–Crippen MR) is 70.0 cm³/mol. The summed E-state index contributed by atoms with van der Waals surface area (Å²) < 4.78 is 13.0. The van der Waals surface area contributed by atoms with Crippen molar-refractivity contribution >= 4 is 11.6 Å². The summed E-state index contributed by atoms with van der Waals surface area (Å²) in [6.07, 6.45) is 1.71. The second kappa shape index (κ2) is 5.48. The number of hydrogen-bond donors (Lipinski definition) is 2. The first-order valence-corrected chi connectivity index (χ1v) is 6.36. The lowest BCUT2D eigenvalue weighted by Gasteiger charge is -2.27. The summed E-state index contributed by atoms with van der Waals surface area (Å²) in [7, 11) is 0. The number of benzene rings is 1. The highest BCUT2D eigenvalue weighted by Crippen LogP contribution is 2.21. The topological polar surface area (TPSA) is 41.1 Å². The maximum atomic E-state index is 13.0. The van der Waals surface area contributed by atoms with E-state index in [-0.39, 0.29) is 17.6 Å². The molecule has 1 amide bonds. The van der Waals surface area contributed by atoms with Gasteiger partial charge in [0.25, 0.3) is 0 Å². The first-order valence-electron chi connectivity index (χ1n) is 6.36. The smallest absolute Gasteiger partial charge is 0.227 e. The van der Waals surface area contributed by atoms with Crippen molar-refractivity contribution in [3.8, 4) is 0 Å². The Hall–Kier alpha value is -1.42. The van der Waals surface area contributed by atoms with Gasteiger partial charge in [-0.25, -0.2) is 4.39 Å². The summed E-state index contributed by atoms with van der Waals surface area (Å²) >= 11 is 0. The Morgan fingerprint density at radius 3 is 2.94 bits per heavy atom. The van der Waals surface area contributed by atoms with Crippen molar-refractivity contribution in [2.24, 2.45) is 5.92 Å². The largest absolute Gasteiger partial charge is 0.326 e. The van der Waals surface area contributed by atoms with Gasteiger partial charge in [0.1, 0.15) is 5.82 Å². The van der Waals surface area contributed by atoms with Crippen molar-refractivity contribution in [2.75, 3.05) is 11.9 Å².